The van der Waals surface area contributed by atoms with Crippen LogP contribution in [0.4, 0.5) is 0 Å². The Morgan fingerprint density at radius 2 is 1.93 bits per heavy atom. The van der Waals surface area contributed by atoms with E-state index in [1.807, 2.05) is 0 Å². The Labute approximate surface area is 87.3 Å². The summed E-state index contributed by atoms with van der Waals surface area (Å²) in [6.45, 7) is 6.03. The lowest BCUT2D eigenvalue weighted by Gasteiger charge is -2.34. The zero-order valence-corrected chi connectivity index (χ0v) is 10.1. The molecule has 0 aliphatic heterocycles. The van der Waals surface area contributed by atoms with Crippen LogP contribution in [-0.4, -0.2) is 20.2 Å². The molecule has 1 fully saturated rings. The van der Waals surface area contributed by atoms with Crippen molar-refractivity contribution < 1.29 is 8.42 Å². The van der Waals surface area contributed by atoms with Gasteiger partial charge in [-0.15, -0.1) is 0 Å². The van der Waals surface area contributed by atoms with E-state index in [-0.39, 0.29) is 11.8 Å². The summed E-state index contributed by atoms with van der Waals surface area (Å²) < 4.78 is 25.6. The second kappa shape index (κ2) is 4.62. The van der Waals surface area contributed by atoms with Gasteiger partial charge in [0.25, 0.3) is 0 Å². The van der Waals surface area contributed by atoms with Gasteiger partial charge in [-0.25, -0.2) is 13.1 Å². The van der Waals surface area contributed by atoms with E-state index in [0.717, 1.165) is 12.8 Å². The average Bonchev–Trinajstić information content (AvgIpc) is 2.13. The highest BCUT2D eigenvalue weighted by Crippen LogP contribution is 2.29. The molecule has 0 heterocycles. The Morgan fingerprint density at radius 3 is 2.50 bits per heavy atom. The van der Waals surface area contributed by atoms with Crippen molar-refractivity contribution >= 4 is 10.0 Å². The van der Waals surface area contributed by atoms with Gasteiger partial charge >= 0.3 is 0 Å². The predicted octanol–water partition coefficient (Wildman–Crippen LogP) is 1.75. The van der Waals surface area contributed by atoms with Crippen LogP contribution in [0.25, 0.3) is 0 Å². The number of sulfonamides is 1. The van der Waals surface area contributed by atoms with Crippen molar-refractivity contribution in [3.63, 3.8) is 0 Å². The van der Waals surface area contributed by atoms with E-state index in [2.05, 4.69) is 18.6 Å². The molecule has 0 aromatic carbocycles. The lowest BCUT2D eigenvalue weighted by atomic mass is 9.78. The van der Waals surface area contributed by atoms with Gasteiger partial charge in [-0.1, -0.05) is 26.7 Å². The van der Waals surface area contributed by atoms with E-state index in [9.17, 15) is 8.42 Å². The van der Waals surface area contributed by atoms with Crippen LogP contribution < -0.4 is 4.72 Å². The monoisotopic (exact) mass is 219 g/mol. The van der Waals surface area contributed by atoms with Crippen molar-refractivity contribution in [2.45, 2.75) is 46.1 Å². The zero-order valence-electron chi connectivity index (χ0n) is 9.29. The molecular formula is C10H21NO2S. The largest absolute Gasteiger partial charge is 0.212 e. The van der Waals surface area contributed by atoms with E-state index in [1.165, 1.54) is 6.42 Å². The summed E-state index contributed by atoms with van der Waals surface area (Å²) in [4.78, 5) is 0. The SMILES string of the molecule is CCS(=O)(=O)NC1CCCC(C)C1C. The molecule has 1 rings (SSSR count). The summed E-state index contributed by atoms with van der Waals surface area (Å²) in [5, 5.41) is 0. The maximum Gasteiger partial charge on any atom is 0.211 e. The van der Waals surface area contributed by atoms with Crippen molar-refractivity contribution in [2.75, 3.05) is 5.75 Å². The van der Waals surface area contributed by atoms with Crippen molar-refractivity contribution in [3.8, 4) is 0 Å². The first-order valence-electron chi connectivity index (χ1n) is 5.46. The van der Waals surface area contributed by atoms with Crippen molar-refractivity contribution in [1.29, 1.82) is 0 Å². The number of hydrogen-bond donors (Lipinski definition) is 1. The highest BCUT2D eigenvalue weighted by Gasteiger charge is 2.29. The molecule has 4 heteroatoms. The van der Waals surface area contributed by atoms with E-state index < -0.39 is 10.0 Å². The van der Waals surface area contributed by atoms with Gasteiger partial charge in [0.05, 0.1) is 5.75 Å². The van der Waals surface area contributed by atoms with Crippen LogP contribution in [0.1, 0.15) is 40.0 Å². The van der Waals surface area contributed by atoms with Crippen molar-refractivity contribution in [3.05, 3.63) is 0 Å². The molecule has 0 spiro atoms. The van der Waals surface area contributed by atoms with Crippen LogP contribution >= 0.6 is 0 Å². The molecule has 3 unspecified atom stereocenters. The third-order valence-electron chi connectivity index (χ3n) is 3.42. The van der Waals surface area contributed by atoms with E-state index in [0.29, 0.717) is 11.8 Å². The molecule has 0 radical (unpaired) electrons. The highest BCUT2D eigenvalue weighted by molar-refractivity contribution is 7.89. The molecule has 84 valence electrons. The molecule has 1 aliphatic rings. The fourth-order valence-electron chi connectivity index (χ4n) is 2.06. The fourth-order valence-corrected chi connectivity index (χ4v) is 3.02. The van der Waals surface area contributed by atoms with Gasteiger partial charge in [0, 0.05) is 6.04 Å². The molecular weight excluding hydrogens is 198 g/mol. The number of hydrogen-bond acceptors (Lipinski definition) is 2. The second-order valence-electron chi connectivity index (χ2n) is 4.40. The third-order valence-corrected chi connectivity index (χ3v) is 4.84. The lowest BCUT2D eigenvalue weighted by Crippen LogP contribution is -2.44. The molecule has 0 aromatic heterocycles. The molecule has 3 nitrogen and oxygen atoms in total. The molecule has 0 saturated heterocycles. The summed E-state index contributed by atoms with van der Waals surface area (Å²) in [5.74, 6) is 1.28. The maximum atomic E-state index is 11.4. The molecule has 1 saturated carbocycles. The first-order valence-corrected chi connectivity index (χ1v) is 7.11. The summed E-state index contributed by atoms with van der Waals surface area (Å²) in [7, 11) is -3.03. The lowest BCUT2D eigenvalue weighted by molar-refractivity contribution is 0.227. The van der Waals surface area contributed by atoms with Gasteiger partial charge in [-0.05, 0) is 25.2 Å². The Bertz CT molecular complexity index is 274. The van der Waals surface area contributed by atoms with Gasteiger partial charge in [0.1, 0.15) is 0 Å². The smallest absolute Gasteiger partial charge is 0.211 e. The van der Waals surface area contributed by atoms with Crippen molar-refractivity contribution in [2.24, 2.45) is 11.8 Å². The molecule has 1 aliphatic carbocycles. The fraction of sp³-hybridized carbons (Fsp3) is 1.00. The van der Waals surface area contributed by atoms with Crippen LogP contribution in [0.3, 0.4) is 0 Å². The minimum absolute atomic E-state index is 0.156. The molecule has 3 atom stereocenters. The second-order valence-corrected chi connectivity index (χ2v) is 6.44. The van der Waals surface area contributed by atoms with Crippen LogP contribution in [0.15, 0.2) is 0 Å². The summed E-state index contributed by atoms with van der Waals surface area (Å²) >= 11 is 0. The normalized spacial score (nSPS) is 34.4. The predicted molar refractivity (Wildman–Crippen MR) is 58.6 cm³/mol. The molecule has 0 bridgehead atoms. The van der Waals surface area contributed by atoms with E-state index >= 15 is 0 Å². The molecule has 0 aromatic rings. The van der Waals surface area contributed by atoms with Gasteiger partial charge in [0.15, 0.2) is 0 Å². The summed E-state index contributed by atoms with van der Waals surface area (Å²) in [5.41, 5.74) is 0. The Morgan fingerprint density at radius 1 is 1.29 bits per heavy atom. The van der Waals surface area contributed by atoms with E-state index in [4.69, 9.17) is 0 Å². The zero-order chi connectivity index (χ0) is 10.8. The summed E-state index contributed by atoms with van der Waals surface area (Å²) in [6, 6.07) is 0.156. The van der Waals surface area contributed by atoms with Crippen LogP contribution in [0, 0.1) is 11.8 Å². The standard InChI is InChI=1S/C10H21NO2S/c1-4-14(12,13)11-10-7-5-6-8(2)9(10)3/h8-11H,4-7H2,1-3H3. The van der Waals surface area contributed by atoms with E-state index in [1.54, 1.807) is 6.92 Å². The summed E-state index contributed by atoms with van der Waals surface area (Å²) in [6.07, 6.45) is 3.36. The molecule has 0 amide bonds. The number of rotatable bonds is 3. The van der Waals surface area contributed by atoms with Crippen LogP contribution in [0.5, 0.6) is 0 Å². The minimum Gasteiger partial charge on any atom is -0.212 e. The van der Waals surface area contributed by atoms with Crippen LogP contribution in [-0.2, 0) is 10.0 Å². The highest BCUT2D eigenvalue weighted by atomic mass is 32.2. The van der Waals surface area contributed by atoms with Gasteiger partial charge in [-0.3, -0.25) is 0 Å². The van der Waals surface area contributed by atoms with Crippen LogP contribution in [0.2, 0.25) is 0 Å². The van der Waals surface area contributed by atoms with Crippen molar-refractivity contribution in [1.82, 2.24) is 4.72 Å². The first kappa shape index (κ1) is 12.0. The van der Waals surface area contributed by atoms with Gasteiger partial charge < -0.3 is 0 Å². The topological polar surface area (TPSA) is 46.2 Å². The Balaban J connectivity index is 2.60. The number of nitrogens with one attached hydrogen (secondary N) is 1. The van der Waals surface area contributed by atoms with Gasteiger partial charge in [-0.2, -0.15) is 0 Å². The molecule has 1 N–H and O–H groups in total. The third kappa shape index (κ3) is 2.95. The van der Waals surface area contributed by atoms with Gasteiger partial charge in [0.2, 0.25) is 10.0 Å². The quantitative estimate of drug-likeness (QED) is 0.786. The average molecular weight is 219 g/mol. The Kier molecular flexibility index (Phi) is 3.95. The first-order chi connectivity index (χ1) is 6.46. The maximum absolute atomic E-state index is 11.4. The Hall–Kier alpha value is -0.0900. The molecule has 14 heavy (non-hydrogen) atoms. The minimum atomic E-state index is -3.03.